The molecule has 3 nitrogen and oxygen atoms in total. The summed E-state index contributed by atoms with van der Waals surface area (Å²) in [6.45, 7) is 3.47. The van der Waals surface area contributed by atoms with Crippen molar-refractivity contribution in [1.29, 1.82) is 0 Å². The van der Waals surface area contributed by atoms with Gasteiger partial charge >= 0.3 is 0 Å². The Morgan fingerprint density at radius 3 is 2.00 bits per heavy atom. The van der Waals surface area contributed by atoms with Gasteiger partial charge < -0.3 is 0 Å². The van der Waals surface area contributed by atoms with Gasteiger partial charge in [0, 0.05) is 13.1 Å². The molecule has 1 heterocycles. The van der Waals surface area contributed by atoms with Crippen molar-refractivity contribution >= 4 is 10.0 Å². The minimum atomic E-state index is -3.35. The van der Waals surface area contributed by atoms with Gasteiger partial charge in [0.2, 0.25) is 10.0 Å². The fraction of sp³-hybridized carbons (Fsp3) is 0.368. The van der Waals surface area contributed by atoms with Crippen molar-refractivity contribution in [3.63, 3.8) is 0 Å². The average Bonchev–Trinajstić information content (AvgIpc) is 2.57. The highest BCUT2D eigenvalue weighted by molar-refractivity contribution is 7.89. The smallest absolute Gasteiger partial charge is 0.207 e. The van der Waals surface area contributed by atoms with Gasteiger partial charge in [-0.2, -0.15) is 4.31 Å². The molecule has 0 unspecified atom stereocenters. The molecule has 0 radical (unpaired) electrons. The first-order chi connectivity index (χ1) is 11.0. The summed E-state index contributed by atoms with van der Waals surface area (Å²) in [6.07, 6.45) is 2.80. The molecular formula is C19H23NO2S. The molecular weight excluding hydrogens is 306 g/mol. The summed E-state index contributed by atoms with van der Waals surface area (Å²) in [5, 5.41) is 0. The molecule has 1 saturated heterocycles. The molecule has 4 heteroatoms. The van der Waals surface area contributed by atoms with Gasteiger partial charge in [0.25, 0.3) is 0 Å². The van der Waals surface area contributed by atoms with Crippen LogP contribution in [0.1, 0.15) is 25.3 Å². The van der Waals surface area contributed by atoms with Crippen LogP contribution < -0.4 is 0 Å². The van der Waals surface area contributed by atoms with Crippen LogP contribution in [0.5, 0.6) is 0 Å². The Morgan fingerprint density at radius 1 is 0.913 bits per heavy atom. The van der Waals surface area contributed by atoms with E-state index in [1.54, 1.807) is 28.6 Å². The summed E-state index contributed by atoms with van der Waals surface area (Å²) in [6, 6.07) is 19.2. The summed E-state index contributed by atoms with van der Waals surface area (Å²) < 4.78 is 27.0. The maximum absolute atomic E-state index is 12.7. The molecule has 0 atom stereocenters. The zero-order valence-electron chi connectivity index (χ0n) is 13.5. The summed E-state index contributed by atoms with van der Waals surface area (Å²) in [7, 11) is -3.35. The lowest BCUT2D eigenvalue weighted by atomic mass is 9.76. The molecule has 0 saturated carbocycles. The minimum absolute atomic E-state index is 0.171. The van der Waals surface area contributed by atoms with Crippen LogP contribution in [-0.4, -0.2) is 25.8 Å². The van der Waals surface area contributed by atoms with Gasteiger partial charge in [0.05, 0.1) is 4.90 Å². The fourth-order valence-electron chi connectivity index (χ4n) is 3.27. The first-order valence-corrected chi connectivity index (χ1v) is 9.53. The molecule has 122 valence electrons. The predicted octanol–water partition coefficient (Wildman–Crippen LogP) is 3.72. The first-order valence-electron chi connectivity index (χ1n) is 8.09. The van der Waals surface area contributed by atoms with Crippen molar-refractivity contribution in [1.82, 2.24) is 4.31 Å². The van der Waals surface area contributed by atoms with E-state index in [0.717, 1.165) is 19.3 Å². The Morgan fingerprint density at radius 2 is 1.43 bits per heavy atom. The number of sulfonamides is 1. The van der Waals surface area contributed by atoms with E-state index in [-0.39, 0.29) is 5.41 Å². The highest BCUT2D eigenvalue weighted by Crippen LogP contribution is 2.36. The Bertz CT molecular complexity index is 733. The lowest BCUT2D eigenvalue weighted by Crippen LogP contribution is -2.42. The normalized spacial score (nSPS) is 18.7. The van der Waals surface area contributed by atoms with E-state index in [9.17, 15) is 8.42 Å². The zero-order chi connectivity index (χ0) is 16.3. The third-order valence-corrected chi connectivity index (χ3v) is 6.70. The van der Waals surface area contributed by atoms with Gasteiger partial charge in [-0.05, 0) is 42.4 Å². The third kappa shape index (κ3) is 3.65. The minimum Gasteiger partial charge on any atom is -0.207 e. The van der Waals surface area contributed by atoms with Crippen LogP contribution in [0.25, 0.3) is 0 Å². The number of hydrogen-bond donors (Lipinski definition) is 0. The number of piperidine rings is 1. The maximum Gasteiger partial charge on any atom is 0.243 e. The monoisotopic (exact) mass is 329 g/mol. The molecule has 0 amide bonds. The fourth-order valence-corrected chi connectivity index (χ4v) is 4.74. The van der Waals surface area contributed by atoms with Crippen molar-refractivity contribution < 1.29 is 8.42 Å². The van der Waals surface area contributed by atoms with Crippen LogP contribution in [0.4, 0.5) is 0 Å². The number of benzene rings is 2. The number of hydrogen-bond acceptors (Lipinski definition) is 2. The molecule has 3 rings (SSSR count). The SMILES string of the molecule is CC1(Cc2ccccc2)CCN(S(=O)(=O)c2ccccc2)CC1. The second-order valence-electron chi connectivity index (χ2n) is 6.69. The topological polar surface area (TPSA) is 37.4 Å². The van der Waals surface area contributed by atoms with Gasteiger partial charge in [-0.3, -0.25) is 0 Å². The number of rotatable bonds is 4. The van der Waals surface area contributed by atoms with Crippen LogP contribution >= 0.6 is 0 Å². The van der Waals surface area contributed by atoms with Crippen molar-refractivity contribution in [3.05, 3.63) is 66.2 Å². The number of nitrogens with zero attached hydrogens (tertiary/aromatic N) is 1. The highest BCUT2D eigenvalue weighted by atomic mass is 32.2. The van der Waals surface area contributed by atoms with E-state index in [2.05, 4.69) is 31.2 Å². The van der Waals surface area contributed by atoms with Gasteiger partial charge in [-0.1, -0.05) is 55.5 Å². The molecule has 1 aliphatic rings. The van der Waals surface area contributed by atoms with Gasteiger partial charge in [-0.15, -0.1) is 0 Å². The van der Waals surface area contributed by atoms with Crippen LogP contribution in [0.2, 0.25) is 0 Å². The van der Waals surface area contributed by atoms with Crippen molar-refractivity contribution in [2.75, 3.05) is 13.1 Å². The average molecular weight is 329 g/mol. The van der Waals surface area contributed by atoms with Gasteiger partial charge in [0.1, 0.15) is 0 Å². The molecule has 0 aliphatic carbocycles. The first kappa shape index (κ1) is 16.2. The summed E-state index contributed by atoms with van der Waals surface area (Å²) in [4.78, 5) is 0.395. The van der Waals surface area contributed by atoms with E-state index in [1.165, 1.54) is 5.56 Å². The largest absolute Gasteiger partial charge is 0.243 e. The van der Waals surface area contributed by atoms with Crippen LogP contribution in [-0.2, 0) is 16.4 Å². The zero-order valence-corrected chi connectivity index (χ0v) is 14.3. The van der Waals surface area contributed by atoms with Gasteiger partial charge in [0.15, 0.2) is 0 Å². The van der Waals surface area contributed by atoms with Crippen LogP contribution in [0, 0.1) is 5.41 Å². The van der Waals surface area contributed by atoms with E-state index in [0.29, 0.717) is 18.0 Å². The third-order valence-electron chi connectivity index (χ3n) is 4.78. The Hall–Kier alpha value is -1.65. The standard InChI is InChI=1S/C19H23NO2S/c1-19(16-17-8-4-2-5-9-17)12-14-20(15-13-19)23(21,22)18-10-6-3-7-11-18/h2-11H,12-16H2,1H3. The predicted molar refractivity (Wildman–Crippen MR) is 92.7 cm³/mol. The molecule has 2 aromatic rings. The summed E-state index contributed by atoms with van der Waals surface area (Å²) >= 11 is 0. The van der Waals surface area contributed by atoms with Crippen molar-refractivity contribution in [2.45, 2.75) is 31.1 Å². The van der Waals surface area contributed by atoms with E-state index < -0.39 is 10.0 Å². The van der Waals surface area contributed by atoms with Crippen LogP contribution in [0.3, 0.4) is 0 Å². The Kier molecular flexibility index (Phi) is 4.55. The molecule has 0 aromatic heterocycles. The van der Waals surface area contributed by atoms with Crippen LogP contribution in [0.15, 0.2) is 65.6 Å². The molecule has 23 heavy (non-hydrogen) atoms. The van der Waals surface area contributed by atoms with E-state index >= 15 is 0 Å². The van der Waals surface area contributed by atoms with E-state index in [4.69, 9.17) is 0 Å². The summed E-state index contributed by atoms with van der Waals surface area (Å²) in [5.74, 6) is 0. The molecule has 1 aliphatic heterocycles. The Labute approximate surface area is 139 Å². The molecule has 0 bridgehead atoms. The quantitative estimate of drug-likeness (QED) is 0.857. The highest BCUT2D eigenvalue weighted by Gasteiger charge is 2.35. The lowest BCUT2D eigenvalue weighted by Gasteiger charge is -2.39. The molecule has 1 fully saturated rings. The maximum atomic E-state index is 12.7. The second kappa shape index (κ2) is 6.46. The Balaban J connectivity index is 1.68. The van der Waals surface area contributed by atoms with Crippen molar-refractivity contribution in [3.8, 4) is 0 Å². The molecule has 0 spiro atoms. The summed E-state index contributed by atoms with van der Waals surface area (Å²) in [5.41, 5.74) is 1.50. The van der Waals surface area contributed by atoms with Gasteiger partial charge in [-0.25, -0.2) is 8.42 Å². The molecule has 0 N–H and O–H groups in total. The lowest BCUT2D eigenvalue weighted by molar-refractivity contribution is 0.174. The molecule has 2 aromatic carbocycles. The van der Waals surface area contributed by atoms with Crippen molar-refractivity contribution in [2.24, 2.45) is 5.41 Å². The second-order valence-corrected chi connectivity index (χ2v) is 8.63. The van der Waals surface area contributed by atoms with E-state index in [1.807, 2.05) is 12.1 Å².